The summed E-state index contributed by atoms with van der Waals surface area (Å²) in [6, 6.07) is 14.3. The normalized spacial score (nSPS) is 12.7. The number of carbonyl (C=O) groups is 2. The van der Waals surface area contributed by atoms with Crippen LogP contribution >= 0.6 is 11.6 Å². The molecule has 30 heavy (non-hydrogen) atoms. The molecule has 0 bridgehead atoms. The molecule has 0 saturated carbocycles. The zero-order chi connectivity index (χ0) is 22.1. The highest BCUT2D eigenvalue weighted by atomic mass is 35.5. The van der Waals surface area contributed by atoms with Crippen molar-refractivity contribution in [2.75, 3.05) is 6.61 Å². The molecule has 0 spiro atoms. The van der Waals surface area contributed by atoms with Gasteiger partial charge in [-0.05, 0) is 56.0 Å². The van der Waals surface area contributed by atoms with E-state index in [2.05, 4.69) is 5.32 Å². The number of ether oxygens (including phenoxy) is 1. The first-order chi connectivity index (χ1) is 14.3. The monoisotopic (exact) mass is 430 g/mol. The maximum atomic E-state index is 13.2. The van der Waals surface area contributed by atoms with Crippen LogP contribution in [-0.4, -0.2) is 35.4 Å². The summed E-state index contributed by atoms with van der Waals surface area (Å²) in [6.07, 6.45) is 1.31. The molecule has 0 saturated heterocycles. The fourth-order valence-electron chi connectivity index (χ4n) is 3.10. The highest BCUT2D eigenvalue weighted by molar-refractivity contribution is 6.31. The van der Waals surface area contributed by atoms with Gasteiger partial charge in [-0.1, -0.05) is 55.8 Å². The number of halogens is 1. The van der Waals surface area contributed by atoms with Crippen molar-refractivity contribution in [3.63, 3.8) is 0 Å². The number of nitrogens with zero attached hydrogens (tertiary/aromatic N) is 1. The molecule has 162 valence electrons. The van der Waals surface area contributed by atoms with Gasteiger partial charge < -0.3 is 15.0 Å². The number of hydrogen-bond acceptors (Lipinski definition) is 3. The van der Waals surface area contributed by atoms with Gasteiger partial charge in [0.1, 0.15) is 11.8 Å². The second-order valence-corrected chi connectivity index (χ2v) is 7.87. The molecular formula is C24H31ClN2O3. The molecule has 5 nitrogen and oxygen atoms in total. The molecule has 2 amide bonds. The third-order valence-corrected chi connectivity index (χ3v) is 5.41. The summed E-state index contributed by atoms with van der Waals surface area (Å²) in [5.74, 6) is 0.198. The quantitative estimate of drug-likeness (QED) is 0.591. The van der Waals surface area contributed by atoms with E-state index < -0.39 is 6.04 Å². The largest absolute Gasteiger partial charge is 0.484 e. The molecule has 2 aromatic carbocycles. The molecule has 2 rings (SSSR count). The number of hydrogen-bond donors (Lipinski definition) is 1. The van der Waals surface area contributed by atoms with Crippen molar-refractivity contribution in [3.05, 3.63) is 64.7 Å². The van der Waals surface area contributed by atoms with Crippen molar-refractivity contribution in [2.45, 2.75) is 59.2 Å². The average Bonchev–Trinajstić information content (AvgIpc) is 2.73. The Kier molecular flexibility index (Phi) is 9.18. The van der Waals surface area contributed by atoms with Crippen LogP contribution in [0.4, 0.5) is 0 Å². The van der Waals surface area contributed by atoms with Crippen LogP contribution in [0.3, 0.4) is 0 Å². The Bertz CT molecular complexity index is 856. The lowest BCUT2D eigenvalue weighted by molar-refractivity contribution is -0.143. The Labute approximate surface area is 184 Å². The molecule has 0 aliphatic rings. The summed E-state index contributed by atoms with van der Waals surface area (Å²) >= 11 is 6.33. The zero-order valence-corrected chi connectivity index (χ0v) is 18.9. The first kappa shape index (κ1) is 23.7. The molecular weight excluding hydrogens is 400 g/mol. The van der Waals surface area contributed by atoms with Gasteiger partial charge in [0.05, 0.1) is 0 Å². The summed E-state index contributed by atoms with van der Waals surface area (Å²) < 4.78 is 5.72. The average molecular weight is 431 g/mol. The summed E-state index contributed by atoms with van der Waals surface area (Å²) in [5, 5.41) is 3.55. The number of rotatable bonds is 10. The van der Waals surface area contributed by atoms with Crippen molar-refractivity contribution in [1.82, 2.24) is 10.2 Å². The molecule has 0 aliphatic carbocycles. The van der Waals surface area contributed by atoms with Gasteiger partial charge in [-0.15, -0.1) is 0 Å². The highest BCUT2D eigenvalue weighted by Gasteiger charge is 2.29. The topological polar surface area (TPSA) is 58.6 Å². The third-order valence-electron chi connectivity index (χ3n) is 5.04. The van der Waals surface area contributed by atoms with Gasteiger partial charge in [-0.25, -0.2) is 0 Å². The Morgan fingerprint density at radius 1 is 1.10 bits per heavy atom. The second-order valence-electron chi connectivity index (χ2n) is 7.46. The Hall–Kier alpha value is -2.53. The van der Waals surface area contributed by atoms with E-state index in [4.69, 9.17) is 16.3 Å². The minimum absolute atomic E-state index is 0.0346. The molecule has 0 aromatic heterocycles. The van der Waals surface area contributed by atoms with E-state index in [0.29, 0.717) is 17.2 Å². The summed E-state index contributed by atoms with van der Waals surface area (Å²) in [4.78, 5) is 27.6. The van der Waals surface area contributed by atoms with E-state index in [1.165, 1.54) is 0 Å². The zero-order valence-electron chi connectivity index (χ0n) is 18.2. The molecule has 0 unspecified atom stereocenters. The Morgan fingerprint density at radius 3 is 2.47 bits per heavy atom. The van der Waals surface area contributed by atoms with Gasteiger partial charge in [0, 0.05) is 17.6 Å². The standard InChI is InChI=1S/C24H31ClN2O3/c1-5-18(4)26-24(29)22(6-2)27(15-19-11-7-8-13-21(19)25)23(28)16-30-20-12-9-10-17(3)14-20/h7-14,18,22H,5-6,15-16H2,1-4H3,(H,26,29)/t18-,22-/m0/s1. The van der Waals surface area contributed by atoms with E-state index in [1.54, 1.807) is 11.0 Å². The van der Waals surface area contributed by atoms with Crippen LogP contribution < -0.4 is 10.1 Å². The molecule has 1 N–H and O–H groups in total. The van der Waals surface area contributed by atoms with Crippen LogP contribution in [0.1, 0.15) is 44.7 Å². The first-order valence-corrected chi connectivity index (χ1v) is 10.8. The third kappa shape index (κ3) is 6.77. The predicted octanol–water partition coefficient (Wildman–Crippen LogP) is 4.75. The van der Waals surface area contributed by atoms with E-state index >= 15 is 0 Å². The van der Waals surface area contributed by atoms with Crippen molar-refractivity contribution in [2.24, 2.45) is 0 Å². The number of carbonyl (C=O) groups excluding carboxylic acids is 2. The second kappa shape index (κ2) is 11.6. The van der Waals surface area contributed by atoms with Crippen LogP contribution in [-0.2, 0) is 16.1 Å². The molecule has 0 aliphatic heterocycles. The molecule has 2 aromatic rings. The lowest BCUT2D eigenvalue weighted by Gasteiger charge is -2.31. The minimum Gasteiger partial charge on any atom is -0.484 e. The fraction of sp³-hybridized carbons (Fsp3) is 0.417. The SMILES string of the molecule is CC[C@H](C)NC(=O)[C@H](CC)N(Cc1ccccc1Cl)C(=O)COc1cccc(C)c1. The molecule has 0 fully saturated rings. The van der Waals surface area contributed by atoms with Gasteiger partial charge in [0.2, 0.25) is 5.91 Å². The molecule has 6 heteroatoms. The van der Waals surface area contributed by atoms with Crippen LogP contribution in [0.5, 0.6) is 5.75 Å². The number of benzene rings is 2. The van der Waals surface area contributed by atoms with Gasteiger partial charge in [-0.3, -0.25) is 9.59 Å². The van der Waals surface area contributed by atoms with Gasteiger partial charge in [0.25, 0.3) is 5.91 Å². The van der Waals surface area contributed by atoms with Crippen LogP contribution in [0.2, 0.25) is 5.02 Å². The number of aryl methyl sites for hydroxylation is 1. The summed E-state index contributed by atoms with van der Waals surface area (Å²) in [6.45, 7) is 7.91. The van der Waals surface area contributed by atoms with Gasteiger partial charge in [0.15, 0.2) is 6.61 Å². The van der Waals surface area contributed by atoms with Crippen molar-refractivity contribution >= 4 is 23.4 Å². The lowest BCUT2D eigenvalue weighted by atomic mass is 10.1. The van der Waals surface area contributed by atoms with Crippen molar-refractivity contribution in [3.8, 4) is 5.75 Å². The minimum atomic E-state index is -0.608. The van der Waals surface area contributed by atoms with Gasteiger partial charge >= 0.3 is 0 Å². The smallest absolute Gasteiger partial charge is 0.261 e. The van der Waals surface area contributed by atoms with E-state index in [9.17, 15) is 9.59 Å². The summed E-state index contributed by atoms with van der Waals surface area (Å²) in [7, 11) is 0. The maximum absolute atomic E-state index is 13.2. The van der Waals surface area contributed by atoms with Gasteiger partial charge in [-0.2, -0.15) is 0 Å². The Balaban J connectivity index is 2.23. The number of amides is 2. The highest BCUT2D eigenvalue weighted by Crippen LogP contribution is 2.20. The van der Waals surface area contributed by atoms with Crippen LogP contribution in [0, 0.1) is 6.92 Å². The summed E-state index contributed by atoms with van der Waals surface area (Å²) in [5.41, 5.74) is 1.84. The fourth-order valence-corrected chi connectivity index (χ4v) is 3.30. The predicted molar refractivity (Wildman–Crippen MR) is 121 cm³/mol. The molecule has 2 atom stereocenters. The molecule has 0 radical (unpaired) electrons. The van der Waals surface area contributed by atoms with Crippen LogP contribution in [0.15, 0.2) is 48.5 Å². The van der Waals surface area contributed by atoms with Crippen LogP contribution in [0.25, 0.3) is 0 Å². The maximum Gasteiger partial charge on any atom is 0.261 e. The van der Waals surface area contributed by atoms with Crippen molar-refractivity contribution < 1.29 is 14.3 Å². The Morgan fingerprint density at radius 2 is 1.83 bits per heavy atom. The van der Waals surface area contributed by atoms with E-state index in [1.807, 2.05) is 70.2 Å². The van der Waals surface area contributed by atoms with Crippen molar-refractivity contribution in [1.29, 1.82) is 0 Å². The molecule has 0 heterocycles. The van der Waals surface area contributed by atoms with E-state index in [-0.39, 0.29) is 31.0 Å². The first-order valence-electron chi connectivity index (χ1n) is 10.4. The lowest BCUT2D eigenvalue weighted by Crippen LogP contribution is -2.51. The number of nitrogens with one attached hydrogen (secondary N) is 1. The van der Waals surface area contributed by atoms with E-state index in [0.717, 1.165) is 17.5 Å².